The summed E-state index contributed by atoms with van der Waals surface area (Å²) in [6, 6.07) is 4.20. The summed E-state index contributed by atoms with van der Waals surface area (Å²) in [6.45, 7) is 2.31. The number of nitrogens with zero attached hydrogens (tertiary/aromatic N) is 1. The third-order valence-electron chi connectivity index (χ3n) is 7.82. The summed E-state index contributed by atoms with van der Waals surface area (Å²) in [4.78, 5) is 15.2. The van der Waals surface area contributed by atoms with Crippen molar-refractivity contribution in [2.75, 3.05) is 33.9 Å². The second-order valence-electron chi connectivity index (χ2n) is 9.11. The second-order valence-corrected chi connectivity index (χ2v) is 9.11. The molecule has 5 heteroatoms. The molecular formula is C23H31NO4. The van der Waals surface area contributed by atoms with Gasteiger partial charge in [0.1, 0.15) is 0 Å². The Labute approximate surface area is 167 Å². The van der Waals surface area contributed by atoms with E-state index in [1.165, 1.54) is 36.8 Å². The van der Waals surface area contributed by atoms with Crippen molar-refractivity contribution in [3.63, 3.8) is 0 Å². The van der Waals surface area contributed by atoms with Crippen LogP contribution in [0.2, 0.25) is 0 Å². The number of rotatable bonds is 3. The van der Waals surface area contributed by atoms with Gasteiger partial charge in [0.15, 0.2) is 11.5 Å². The number of ether oxygens (including phenoxy) is 3. The van der Waals surface area contributed by atoms with Gasteiger partial charge in [-0.25, -0.2) is 0 Å². The maximum atomic E-state index is 13.1. The van der Waals surface area contributed by atoms with Crippen LogP contribution in [0.3, 0.4) is 0 Å². The predicted octanol–water partition coefficient (Wildman–Crippen LogP) is 3.67. The van der Waals surface area contributed by atoms with Crippen LogP contribution in [0.1, 0.15) is 56.1 Å². The minimum Gasteiger partial charge on any atom is -0.493 e. The molecule has 2 aliphatic carbocycles. The number of hydrogen-bond acceptors (Lipinski definition) is 4. The predicted molar refractivity (Wildman–Crippen MR) is 106 cm³/mol. The molecule has 1 amide bonds. The third kappa shape index (κ3) is 2.73. The zero-order valence-corrected chi connectivity index (χ0v) is 17.1. The first-order chi connectivity index (χ1) is 13.6. The largest absolute Gasteiger partial charge is 0.493 e. The van der Waals surface area contributed by atoms with Gasteiger partial charge >= 0.3 is 0 Å². The highest BCUT2D eigenvalue weighted by Gasteiger charge is 2.59. The first-order valence-electron chi connectivity index (χ1n) is 10.8. The van der Waals surface area contributed by atoms with Crippen LogP contribution in [0, 0.1) is 11.3 Å². The smallest absolute Gasteiger partial charge is 0.226 e. The van der Waals surface area contributed by atoms with Crippen LogP contribution in [0.4, 0.5) is 0 Å². The standard InChI is InChI=1S/C23H31NO4/c1-26-19-13-16-5-12-28-23(17(16)14-20(19)27-2)8-10-24(11-9-23)21(25)18-15-22(18)6-3-4-7-22/h13-14,18H,3-12,15H2,1-2H3. The summed E-state index contributed by atoms with van der Waals surface area (Å²) >= 11 is 0. The lowest BCUT2D eigenvalue weighted by Gasteiger charge is -2.45. The van der Waals surface area contributed by atoms with Crippen molar-refractivity contribution in [1.82, 2.24) is 4.90 Å². The molecule has 152 valence electrons. The number of carbonyl (C=O) groups excluding carboxylic acids is 1. The molecule has 1 unspecified atom stereocenters. The van der Waals surface area contributed by atoms with Crippen molar-refractivity contribution in [3.05, 3.63) is 23.3 Å². The zero-order valence-electron chi connectivity index (χ0n) is 17.1. The second kappa shape index (κ2) is 6.65. The maximum absolute atomic E-state index is 13.1. The molecule has 0 N–H and O–H groups in total. The molecule has 0 bridgehead atoms. The molecule has 5 rings (SSSR count). The third-order valence-corrected chi connectivity index (χ3v) is 7.82. The summed E-state index contributed by atoms with van der Waals surface area (Å²) in [5.41, 5.74) is 2.60. The number of piperidine rings is 1. The van der Waals surface area contributed by atoms with Gasteiger partial charge in [0, 0.05) is 19.0 Å². The Balaban J connectivity index is 1.33. The highest BCUT2D eigenvalue weighted by atomic mass is 16.5. The topological polar surface area (TPSA) is 48.0 Å². The van der Waals surface area contributed by atoms with Crippen molar-refractivity contribution < 1.29 is 19.0 Å². The molecule has 3 fully saturated rings. The zero-order chi connectivity index (χ0) is 19.4. The molecule has 28 heavy (non-hydrogen) atoms. The van der Waals surface area contributed by atoms with E-state index < -0.39 is 0 Å². The van der Waals surface area contributed by atoms with E-state index in [-0.39, 0.29) is 5.60 Å². The highest BCUT2D eigenvalue weighted by Crippen LogP contribution is 2.63. The lowest BCUT2D eigenvalue weighted by molar-refractivity contribution is -0.142. The number of fused-ring (bicyclic) bond motifs is 2. The number of carbonyl (C=O) groups is 1. The van der Waals surface area contributed by atoms with Crippen LogP contribution in [0.15, 0.2) is 12.1 Å². The van der Waals surface area contributed by atoms with Crippen LogP contribution in [0.25, 0.3) is 0 Å². The first kappa shape index (κ1) is 18.3. The minimum absolute atomic E-state index is 0.293. The Morgan fingerprint density at radius 3 is 2.43 bits per heavy atom. The van der Waals surface area contributed by atoms with Crippen molar-refractivity contribution in [3.8, 4) is 11.5 Å². The Morgan fingerprint density at radius 1 is 1.07 bits per heavy atom. The molecule has 2 saturated carbocycles. The van der Waals surface area contributed by atoms with Crippen molar-refractivity contribution in [2.45, 2.75) is 57.0 Å². The van der Waals surface area contributed by atoms with Crippen LogP contribution < -0.4 is 9.47 Å². The molecule has 0 radical (unpaired) electrons. The summed E-state index contributed by atoms with van der Waals surface area (Å²) in [6.07, 6.45) is 8.89. The van der Waals surface area contributed by atoms with Gasteiger partial charge in [-0.05, 0) is 67.2 Å². The molecule has 1 aromatic rings. The van der Waals surface area contributed by atoms with Gasteiger partial charge < -0.3 is 19.1 Å². The fourth-order valence-electron chi connectivity index (χ4n) is 6.04. The van der Waals surface area contributed by atoms with E-state index in [0.29, 0.717) is 17.2 Å². The maximum Gasteiger partial charge on any atom is 0.226 e. The molecule has 0 aromatic heterocycles. The minimum atomic E-state index is -0.293. The summed E-state index contributed by atoms with van der Waals surface area (Å²) < 4.78 is 17.4. The van der Waals surface area contributed by atoms with Crippen LogP contribution in [0.5, 0.6) is 11.5 Å². The van der Waals surface area contributed by atoms with Gasteiger partial charge in [-0.3, -0.25) is 4.79 Å². The van der Waals surface area contributed by atoms with Gasteiger partial charge in [-0.1, -0.05) is 12.8 Å². The van der Waals surface area contributed by atoms with E-state index in [1.807, 2.05) is 0 Å². The van der Waals surface area contributed by atoms with Crippen molar-refractivity contribution in [2.24, 2.45) is 11.3 Å². The van der Waals surface area contributed by atoms with E-state index in [9.17, 15) is 4.79 Å². The monoisotopic (exact) mass is 385 g/mol. The van der Waals surface area contributed by atoms with E-state index in [1.54, 1.807) is 14.2 Å². The fourth-order valence-corrected chi connectivity index (χ4v) is 6.04. The normalized spacial score (nSPS) is 26.9. The van der Waals surface area contributed by atoms with E-state index in [2.05, 4.69) is 17.0 Å². The van der Waals surface area contributed by atoms with Gasteiger partial charge in [0.25, 0.3) is 0 Å². The van der Waals surface area contributed by atoms with Gasteiger partial charge in [-0.15, -0.1) is 0 Å². The van der Waals surface area contributed by atoms with Gasteiger partial charge in [0.05, 0.1) is 26.4 Å². The fraction of sp³-hybridized carbons (Fsp3) is 0.696. The number of hydrogen-bond donors (Lipinski definition) is 0. The summed E-state index contributed by atoms with van der Waals surface area (Å²) in [5.74, 6) is 2.24. The Bertz CT molecular complexity index is 775. The Kier molecular flexibility index (Phi) is 4.34. The van der Waals surface area contributed by atoms with Crippen LogP contribution in [-0.4, -0.2) is 44.7 Å². The van der Waals surface area contributed by atoms with E-state index >= 15 is 0 Å². The van der Waals surface area contributed by atoms with Crippen LogP contribution >= 0.6 is 0 Å². The van der Waals surface area contributed by atoms with Gasteiger partial charge in [-0.2, -0.15) is 0 Å². The van der Waals surface area contributed by atoms with Crippen molar-refractivity contribution in [1.29, 1.82) is 0 Å². The lowest BCUT2D eigenvalue weighted by Crippen LogP contribution is -2.49. The number of methoxy groups -OCH3 is 2. The quantitative estimate of drug-likeness (QED) is 0.796. The number of amides is 1. The Hall–Kier alpha value is -1.75. The molecule has 2 aliphatic heterocycles. The SMILES string of the molecule is COc1cc2c(cc1OC)C1(CCN(C(=O)C3CC34CCCC4)CC1)OCC2. The highest BCUT2D eigenvalue weighted by molar-refractivity contribution is 5.83. The lowest BCUT2D eigenvalue weighted by atomic mass is 9.79. The average Bonchev–Trinajstić information content (AvgIpc) is 3.23. The van der Waals surface area contributed by atoms with E-state index in [4.69, 9.17) is 14.2 Å². The average molecular weight is 386 g/mol. The molecule has 2 spiro atoms. The molecule has 1 saturated heterocycles. The van der Waals surface area contributed by atoms with Crippen LogP contribution in [-0.2, 0) is 21.6 Å². The molecule has 2 heterocycles. The molecule has 5 nitrogen and oxygen atoms in total. The molecule has 1 atom stereocenters. The Morgan fingerprint density at radius 2 is 1.75 bits per heavy atom. The molecular weight excluding hydrogens is 354 g/mol. The van der Waals surface area contributed by atoms with Gasteiger partial charge in [0.2, 0.25) is 5.91 Å². The van der Waals surface area contributed by atoms with Crippen molar-refractivity contribution >= 4 is 5.91 Å². The number of likely N-dealkylation sites (tertiary alicyclic amines) is 1. The first-order valence-corrected chi connectivity index (χ1v) is 10.8. The molecule has 4 aliphatic rings. The van der Waals surface area contributed by atoms with E-state index in [0.717, 1.165) is 56.9 Å². The summed E-state index contributed by atoms with van der Waals surface area (Å²) in [5, 5.41) is 0. The number of benzene rings is 1. The molecule has 1 aromatic carbocycles. The summed E-state index contributed by atoms with van der Waals surface area (Å²) in [7, 11) is 3.36.